The zero-order valence-electron chi connectivity index (χ0n) is 11.9. The van der Waals surface area contributed by atoms with Crippen molar-refractivity contribution >= 4 is 31.9 Å². The minimum atomic E-state index is -3.76. The Hall–Kier alpha value is -0.920. The van der Waals surface area contributed by atoms with Crippen LogP contribution in [0, 0.1) is 6.92 Å². The van der Waals surface area contributed by atoms with Crippen LogP contribution in [0.4, 0.5) is 0 Å². The SMILES string of the molecule is CCC1(NS(=O)(=O)c2cc(C(=O)O)cc(C)c2Br)CCC1. The molecule has 1 saturated carbocycles. The molecule has 0 radical (unpaired) electrons. The average Bonchev–Trinajstić information content (AvgIpc) is 2.36. The number of rotatable bonds is 5. The molecule has 0 atom stereocenters. The van der Waals surface area contributed by atoms with Crippen LogP contribution in [0.2, 0.25) is 0 Å². The van der Waals surface area contributed by atoms with Crippen LogP contribution in [0.15, 0.2) is 21.5 Å². The summed E-state index contributed by atoms with van der Waals surface area (Å²) in [7, 11) is -3.76. The van der Waals surface area contributed by atoms with Crippen LogP contribution in [-0.2, 0) is 10.0 Å². The maximum absolute atomic E-state index is 12.6. The first kappa shape index (κ1) is 16.5. The van der Waals surface area contributed by atoms with Gasteiger partial charge in [0.1, 0.15) is 0 Å². The first-order chi connectivity index (χ1) is 9.71. The van der Waals surface area contributed by atoms with Gasteiger partial charge in [-0.05, 0) is 66.2 Å². The van der Waals surface area contributed by atoms with Crippen LogP contribution >= 0.6 is 15.9 Å². The second kappa shape index (κ2) is 5.70. The summed E-state index contributed by atoms with van der Waals surface area (Å²) in [5.74, 6) is -1.14. The molecule has 5 nitrogen and oxygen atoms in total. The fourth-order valence-electron chi connectivity index (χ4n) is 2.53. The van der Waals surface area contributed by atoms with Gasteiger partial charge < -0.3 is 5.11 Å². The summed E-state index contributed by atoms with van der Waals surface area (Å²) in [5, 5.41) is 9.10. The van der Waals surface area contributed by atoms with E-state index in [1.165, 1.54) is 12.1 Å². The van der Waals surface area contributed by atoms with E-state index in [1.54, 1.807) is 6.92 Å². The number of aryl methyl sites for hydroxylation is 1. The molecule has 2 rings (SSSR count). The molecule has 0 saturated heterocycles. The highest BCUT2D eigenvalue weighted by Gasteiger charge is 2.39. The maximum atomic E-state index is 12.6. The summed E-state index contributed by atoms with van der Waals surface area (Å²) in [6, 6.07) is 2.65. The molecule has 7 heteroatoms. The predicted molar refractivity (Wildman–Crippen MR) is 83.0 cm³/mol. The van der Waals surface area contributed by atoms with Crippen molar-refractivity contribution in [3.05, 3.63) is 27.7 Å². The number of carbonyl (C=O) groups is 1. The molecule has 1 aromatic rings. The third-order valence-electron chi connectivity index (χ3n) is 4.10. The van der Waals surface area contributed by atoms with Gasteiger partial charge in [-0.25, -0.2) is 17.9 Å². The number of halogens is 1. The molecule has 0 bridgehead atoms. The van der Waals surface area contributed by atoms with Crippen molar-refractivity contribution in [2.75, 3.05) is 0 Å². The first-order valence-electron chi connectivity index (χ1n) is 6.78. The average molecular weight is 376 g/mol. The lowest BCUT2D eigenvalue weighted by molar-refractivity contribution is 0.0696. The van der Waals surface area contributed by atoms with Crippen molar-refractivity contribution in [2.45, 2.75) is 50.0 Å². The zero-order chi connectivity index (χ0) is 15.8. The topological polar surface area (TPSA) is 83.5 Å². The van der Waals surface area contributed by atoms with Gasteiger partial charge in [0.25, 0.3) is 0 Å². The van der Waals surface area contributed by atoms with Crippen LogP contribution in [0.3, 0.4) is 0 Å². The van der Waals surface area contributed by atoms with Crippen molar-refractivity contribution in [3.8, 4) is 0 Å². The van der Waals surface area contributed by atoms with E-state index >= 15 is 0 Å². The normalized spacial score (nSPS) is 17.3. The quantitative estimate of drug-likeness (QED) is 0.827. The molecule has 1 aliphatic carbocycles. The van der Waals surface area contributed by atoms with Crippen LogP contribution in [-0.4, -0.2) is 25.0 Å². The van der Waals surface area contributed by atoms with Gasteiger partial charge in [0.05, 0.1) is 10.5 Å². The Kier molecular flexibility index (Phi) is 4.46. The molecule has 0 unspecified atom stereocenters. The Labute approximate surface area is 132 Å². The van der Waals surface area contributed by atoms with Crippen LogP contribution < -0.4 is 4.72 Å². The minimum absolute atomic E-state index is 0.0142. The van der Waals surface area contributed by atoms with E-state index in [0.717, 1.165) is 25.7 Å². The van der Waals surface area contributed by atoms with Gasteiger partial charge in [-0.2, -0.15) is 0 Å². The van der Waals surface area contributed by atoms with E-state index in [9.17, 15) is 13.2 Å². The molecule has 0 aromatic heterocycles. The van der Waals surface area contributed by atoms with E-state index in [4.69, 9.17) is 5.11 Å². The Morgan fingerprint density at radius 1 is 1.43 bits per heavy atom. The molecule has 21 heavy (non-hydrogen) atoms. The molecule has 1 fully saturated rings. The summed E-state index contributed by atoms with van der Waals surface area (Å²) >= 11 is 3.26. The monoisotopic (exact) mass is 375 g/mol. The fourth-order valence-corrected chi connectivity index (χ4v) is 5.10. The number of carboxylic acid groups (broad SMARTS) is 1. The Bertz CT molecular complexity index is 675. The number of carboxylic acids is 1. The summed E-state index contributed by atoms with van der Waals surface area (Å²) in [6.45, 7) is 3.63. The van der Waals surface area contributed by atoms with Crippen molar-refractivity contribution in [1.29, 1.82) is 0 Å². The van der Waals surface area contributed by atoms with Crippen LogP contribution in [0.5, 0.6) is 0 Å². The number of aromatic carboxylic acids is 1. The molecule has 0 aliphatic heterocycles. The fraction of sp³-hybridized carbons (Fsp3) is 0.500. The maximum Gasteiger partial charge on any atom is 0.335 e. The van der Waals surface area contributed by atoms with Crippen molar-refractivity contribution < 1.29 is 18.3 Å². The highest BCUT2D eigenvalue weighted by Crippen LogP contribution is 2.37. The minimum Gasteiger partial charge on any atom is -0.478 e. The van der Waals surface area contributed by atoms with Gasteiger partial charge in [0.2, 0.25) is 10.0 Å². The summed E-state index contributed by atoms with van der Waals surface area (Å²) in [4.78, 5) is 11.1. The second-order valence-electron chi connectivity index (χ2n) is 5.50. The second-order valence-corrected chi connectivity index (χ2v) is 7.95. The van der Waals surface area contributed by atoms with Gasteiger partial charge in [-0.3, -0.25) is 0 Å². The number of benzene rings is 1. The first-order valence-corrected chi connectivity index (χ1v) is 9.06. The Morgan fingerprint density at radius 3 is 2.48 bits per heavy atom. The van der Waals surface area contributed by atoms with Crippen LogP contribution in [0.1, 0.15) is 48.5 Å². The predicted octanol–water partition coefficient (Wildman–Crippen LogP) is 3.07. The number of hydrogen-bond acceptors (Lipinski definition) is 3. The lowest BCUT2D eigenvalue weighted by Crippen LogP contribution is -2.52. The van der Waals surface area contributed by atoms with Gasteiger partial charge in [0, 0.05) is 10.0 Å². The van der Waals surface area contributed by atoms with Crippen molar-refractivity contribution in [3.63, 3.8) is 0 Å². The van der Waals surface area contributed by atoms with Gasteiger partial charge in [-0.15, -0.1) is 0 Å². The van der Waals surface area contributed by atoms with Gasteiger partial charge in [0.15, 0.2) is 0 Å². The summed E-state index contributed by atoms with van der Waals surface area (Å²) in [6.07, 6.45) is 3.36. The smallest absolute Gasteiger partial charge is 0.335 e. The molecular formula is C14H18BrNO4S. The van der Waals surface area contributed by atoms with Crippen LogP contribution in [0.25, 0.3) is 0 Å². The third kappa shape index (κ3) is 3.14. The van der Waals surface area contributed by atoms with Crippen molar-refractivity contribution in [2.24, 2.45) is 0 Å². The van der Waals surface area contributed by atoms with E-state index < -0.39 is 16.0 Å². The lowest BCUT2D eigenvalue weighted by Gasteiger charge is -2.41. The Morgan fingerprint density at radius 2 is 2.05 bits per heavy atom. The summed E-state index contributed by atoms with van der Waals surface area (Å²) in [5.41, 5.74) is 0.162. The molecule has 0 amide bonds. The van der Waals surface area contributed by atoms with E-state index in [2.05, 4.69) is 20.7 Å². The zero-order valence-corrected chi connectivity index (χ0v) is 14.3. The highest BCUT2D eigenvalue weighted by atomic mass is 79.9. The molecule has 0 heterocycles. The molecule has 1 aromatic carbocycles. The van der Waals surface area contributed by atoms with E-state index in [0.29, 0.717) is 10.0 Å². The van der Waals surface area contributed by atoms with Gasteiger partial charge >= 0.3 is 5.97 Å². The van der Waals surface area contributed by atoms with E-state index in [-0.39, 0.29) is 16.0 Å². The molecular weight excluding hydrogens is 358 g/mol. The third-order valence-corrected chi connectivity index (χ3v) is 7.01. The van der Waals surface area contributed by atoms with Crippen molar-refractivity contribution in [1.82, 2.24) is 4.72 Å². The molecule has 2 N–H and O–H groups in total. The number of sulfonamides is 1. The number of hydrogen-bond donors (Lipinski definition) is 2. The lowest BCUT2D eigenvalue weighted by atomic mass is 9.76. The standard InChI is InChI=1S/C14H18BrNO4S/c1-3-14(5-4-6-14)16-21(19,20)11-8-10(13(17)18)7-9(2)12(11)15/h7-8,16H,3-6H2,1-2H3,(H,17,18). The van der Waals surface area contributed by atoms with E-state index in [1.807, 2.05) is 6.92 Å². The molecule has 1 aliphatic rings. The highest BCUT2D eigenvalue weighted by molar-refractivity contribution is 9.10. The molecule has 0 spiro atoms. The molecule has 116 valence electrons. The summed E-state index contributed by atoms with van der Waals surface area (Å²) < 4.78 is 28.4. The van der Waals surface area contributed by atoms with Gasteiger partial charge in [-0.1, -0.05) is 6.92 Å². The largest absolute Gasteiger partial charge is 0.478 e. The Balaban J connectivity index is 2.46. The number of nitrogens with one attached hydrogen (secondary N) is 1.